The predicted octanol–water partition coefficient (Wildman–Crippen LogP) is 1.59. The quantitative estimate of drug-likeness (QED) is 0.758. The van der Waals surface area contributed by atoms with Crippen LogP contribution in [0, 0.1) is 0 Å². The van der Waals surface area contributed by atoms with E-state index in [0.29, 0.717) is 12.2 Å². The highest BCUT2D eigenvalue weighted by molar-refractivity contribution is 8.13. The maximum absolute atomic E-state index is 12.1. The summed E-state index contributed by atoms with van der Waals surface area (Å²) < 4.78 is 47.3. The predicted molar refractivity (Wildman–Crippen MR) is 78.2 cm³/mol. The molecule has 0 aromatic carbocycles. The molecule has 0 radical (unpaired) electrons. The standard InChI is InChI=1S/C11H19ClN2O4S2/c1-5-9-13-10(20(12,17)18)8-14(9)6-7-19(15,16)11(2,3)4/h8H,5-7H2,1-4H3. The van der Waals surface area contributed by atoms with Gasteiger partial charge < -0.3 is 4.57 Å². The molecule has 0 spiro atoms. The molecular weight excluding hydrogens is 324 g/mol. The van der Waals surface area contributed by atoms with Crippen molar-refractivity contribution in [2.45, 2.75) is 50.4 Å². The Balaban J connectivity index is 3.03. The Morgan fingerprint density at radius 2 is 1.80 bits per heavy atom. The molecule has 0 fully saturated rings. The van der Waals surface area contributed by atoms with E-state index >= 15 is 0 Å². The normalized spacial score (nSPS) is 13.7. The topological polar surface area (TPSA) is 86.1 Å². The van der Waals surface area contributed by atoms with Crippen molar-refractivity contribution in [2.75, 3.05) is 5.75 Å². The van der Waals surface area contributed by atoms with Crippen LogP contribution in [-0.4, -0.2) is 36.9 Å². The van der Waals surface area contributed by atoms with Gasteiger partial charge in [0, 0.05) is 29.8 Å². The van der Waals surface area contributed by atoms with Gasteiger partial charge in [0.1, 0.15) is 5.82 Å². The molecule has 1 rings (SSSR count). The fraction of sp³-hybridized carbons (Fsp3) is 0.727. The van der Waals surface area contributed by atoms with E-state index < -0.39 is 23.6 Å². The third kappa shape index (κ3) is 3.95. The smallest absolute Gasteiger partial charge is 0.280 e. The van der Waals surface area contributed by atoms with Crippen LogP contribution >= 0.6 is 10.7 Å². The minimum Gasteiger partial charge on any atom is -0.332 e. The lowest BCUT2D eigenvalue weighted by atomic mass is 10.3. The van der Waals surface area contributed by atoms with Crippen LogP contribution in [0.3, 0.4) is 0 Å². The first kappa shape index (κ1) is 17.5. The van der Waals surface area contributed by atoms with Gasteiger partial charge in [-0.3, -0.25) is 0 Å². The zero-order valence-electron chi connectivity index (χ0n) is 11.9. The first-order valence-electron chi connectivity index (χ1n) is 6.11. The molecule has 20 heavy (non-hydrogen) atoms. The van der Waals surface area contributed by atoms with Gasteiger partial charge in [0.2, 0.25) is 0 Å². The number of aryl methyl sites for hydroxylation is 2. The highest BCUT2D eigenvalue weighted by Crippen LogP contribution is 2.18. The average Bonchev–Trinajstić information content (AvgIpc) is 2.67. The van der Waals surface area contributed by atoms with Crippen molar-refractivity contribution in [3.05, 3.63) is 12.0 Å². The summed E-state index contributed by atoms with van der Waals surface area (Å²) in [5.74, 6) is 0.412. The average molecular weight is 343 g/mol. The van der Waals surface area contributed by atoms with Gasteiger partial charge in [0.15, 0.2) is 14.9 Å². The molecular formula is C11H19ClN2O4S2. The van der Waals surface area contributed by atoms with Gasteiger partial charge in [-0.1, -0.05) is 6.92 Å². The van der Waals surface area contributed by atoms with Crippen molar-refractivity contribution >= 4 is 29.6 Å². The number of halogens is 1. The summed E-state index contributed by atoms with van der Waals surface area (Å²) in [6.45, 7) is 6.85. The van der Waals surface area contributed by atoms with E-state index in [1.54, 1.807) is 20.8 Å². The third-order valence-corrected chi connectivity index (χ3v) is 6.69. The van der Waals surface area contributed by atoms with Crippen LogP contribution in [0.4, 0.5) is 0 Å². The van der Waals surface area contributed by atoms with E-state index in [9.17, 15) is 16.8 Å². The van der Waals surface area contributed by atoms with E-state index in [1.165, 1.54) is 10.8 Å². The summed E-state index contributed by atoms with van der Waals surface area (Å²) in [5, 5.41) is -0.246. The third-order valence-electron chi connectivity index (χ3n) is 2.94. The lowest BCUT2D eigenvalue weighted by Gasteiger charge is -2.19. The number of sulfone groups is 1. The Hall–Kier alpha value is -0.600. The Morgan fingerprint density at radius 3 is 2.20 bits per heavy atom. The van der Waals surface area contributed by atoms with Crippen molar-refractivity contribution in [1.82, 2.24) is 9.55 Å². The largest absolute Gasteiger partial charge is 0.332 e. The highest BCUT2D eigenvalue weighted by atomic mass is 35.7. The molecule has 0 atom stereocenters. The maximum atomic E-state index is 12.1. The minimum absolute atomic E-state index is 0.0817. The van der Waals surface area contributed by atoms with E-state index in [-0.39, 0.29) is 17.3 Å². The van der Waals surface area contributed by atoms with Crippen molar-refractivity contribution in [3.63, 3.8) is 0 Å². The van der Waals surface area contributed by atoms with Crippen LogP contribution in [0.2, 0.25) is 0 Å². The zero-order chi connectivity index (χ0) is 15.8. The maximum Gasteiger partial charge on any atom is 0.280 e. The lowest BCUT2D eigenvalue weighted by Crippen LogP contribution is -2.32. The van der Waals surface area contributed by atoms with Gasteiger partial charge in [0.05, 0.1) is 10.5 Å². The molecule has 0 aliphatic heterocycles. The lowest BCUT2D eigenvalue weighted by molar-refractivity contribution is 0.552. The van der Waals surface area contributed by atoms with Crippen LogP contribution in [0.5, 0.6) is 0 Å². The van der Waals surface area contributed by atoms with Crippen molar-refractivity contribution in [1.29, 1.82) is 0 Å². The SMILES string of the molecule is CCc1nc(S(=O)(=O)Cl)cn1CCS(=O)(=O)C(C)(C)C. The van der Waals surface area contributed by atoms with E-state index in [0.717, 1.165) is 0 Å². The van der Waals surface area contributed by atoms with Crippen LogP contribution in [0.1, 0.15) is 33.5 Å². The zero-order valence-corrected chi connectivity index (χ0v) is 14.3. The number of aromatic nitrogens is 2. The molecule has 0 unspecified atom stereocenters. The van der Waals surface area contributed by atoms with E-state index in [1.807, 2.05) is 6.92 Å². The molecule has 0 amide bonds. The molecule has 1 heterocycles. The van der Waals surface area contributed by atoms with Crippen LogP contribution < -0.4 is 0 Å². The van der Waals surface area contributed by atoms with Crippen molar-refractivity contribution in [3.8, 4) is 0 Å². The van der Waals surface area contributed by atoms with Crippen LogP contribution in [-0.2, 0) is 31.9 Å². The van der Waals surface area contributed by atoms with Gasteiger partial charge in [-0.25, -0.2) is 21.8 Å². The number of nitrogens with zero attached hydrogens (tertiary/aromatic N) is 2. The van der Waals surface area contributed by atoms with Crippen LogP contribution in [0.15, 0.2) is 11.2 Å². The summed E-state index contributed by atoms with van der Waals surface area (Å²) in [4.78, 5) is 3.91. The Morgan fingerprint density at radius 1 is 1.25 bits per heavy atom. The number of hydrogen-bond acceptors (Lipinski definition) is 5. The molecule has 0 saturated heterocycles. The van der Waals surface area contributed by atoms with Gasteiger partial charge >= 0.3 is 0 Å². The van der Waals surface area contributed by atoms with Crippen molar-refractivity contribution in [2.24, 2.45) is 0 Å². The molecule has 0 bridgehead atoms. The Bertz CT molecular complexity index is 684. The van der Waals surface area contributed by atoms with Gasteiger partial charge in [-0.05, 0) is 20.8 Å². The molecule has 0 saturated carbocycles. The molecule has 0 aliphatic carbocycles. The summed E-state index contributed by atoms with van der Waals surface area (Å²) in [6.07, 6.45) is 1.77. The van der Waals surface area contributed by atoms with Gasteiger partial charge in [-0.2, -0.15) is 0 Å². The second kappa shape index (κ2) is 5.65. The fourth-order valence-corrected chi connectivity index (χ4v) is 3.29. The summed E-state index contributed by atoms with van der Waals surface area (Å²) in [6, 6.07) is 0. The van der Waals surface area contributed by atoms with E-state index in [2.05, 4.69) is 4.98 Å². The molecule has 1 aromatic heterocycles. The van der Waals surface area contributed by atoms with Crippen molar-refractivity contribution < 1.29 is 16.8 Å². The molecule has 0 N–H and O–H groups in total. The second-order valence-electron chi connectivity index (χ2n) is 5.41. The first-order chi connectivity index (χ1) is 8.88. The Kier molecular flexibility index (Phi) is 4.93. The number of imidazole rings is 1. The highest BCUT2D eigenvalue weighted by Gasteiger charge is 2.29. The molecule has 1 aromatic rings. The van der Waals surface area contributed by atoms with Crippen LogP contribution in [0.25, 0.3) is 0 Å². The monoisotopic (exact) mass is 342 g/mol. The fourth-order valence-electron chi connectivity index (χ4n) is 1.55. The molecule has 116 valence electrons. The molecule has 6 nitrogen and oxygen atoms in total. The van der Waals surface area contributed by atoms with E-state index in [4.69, 9.17) is 10.7 Å². The number of rotatable bonds is 5. The van der Waals surface area contributed by atoms with Gasteiger partial charge in [-0.15, -0.1) is 0 Å². The Labute approximate surface area is 124 Å². The second-order valence-corrected chi connectivity index (χ2v) is 10.8. The summed E-state index contributed by atoms with van der Waals surface area (Å²) in [7, 11) is -1.94. The number of hydrogen-bond donors (Lipinski definition) is 0. The molecule has 9 heteroatoms. The minimum atomic E-state index is -3.91. The molecule has 0 aliphatic rings. The van der Waals surface area contributed by atoms with Gasteiger partial charge in [0.25, 0.3) is 9.05 Å². The summed E-state index contributed by atoms with van der Waals surface area (Å²) in [5.41, 5.74) is 0. The summed E-state index contributed by atoms with van der Waals surface area (Å²) >= 11 is 0. The first-order valence-corrected chi connectivity index (χ1v) is 10.1.